The van der Waals surface area contributed by atoms with Crippen molar-refractivity contribution in [2.45, 2.75) is 0 Å². The first-order valence-electron chi connectivity index (χ1n) is 11.4. The van der Waals surface area contributed by atoms with E-state index in [-0.39, 0.29) is 26.8 Å². The molecule has 3 heterocycles. The molecule has 1 N–H and O–H groups in total. The number of hydrogen-bond donors (Lipinski definition) is 1. The zero-order chi connectivity index (χ0) is 24.6. The van der Waals surface area contributed by atoms with Crippen LogP contribution < -0.4 is 0 Å². The number of aromatic nitrogens is 4. The maximum Gasteiger partial charge on any atom is 2.00 e. The molecule has 0 saturated carbocycles. The summed E-state index contributed by atoms with van der Waals surface area (Å²) in [5, 5.41) is 14.0. The quantitative estimate of drug-likeness (QED) is 0.215. The summed E-state index contributed by atoms with van der Waals surface area (Å²) in [5.41, 5.74) is 5.33. The second-order valence-electron chi connectivity index (χ2n) is 7.81. The van der Waals surface area contributed by atoms with Crippen LogP contribution in [-0.4, -0.2) is 24.9 Å². The molecule has 6 rings (SSSR count). The molecule has 0 aliphatic carbocycles. The van der Waals surface area contributed by atoms with Gasteiger partial charge < -0.3 is 10.1 Å². The van der Waals surface area contributed by atoms with Gasteiger partial charge in [-0.25, -0.2) is 9.67 Å². The van der Waals surface area contributed by atoms with Crippen LogP contribution in [0.25, 0.3) is 39.6 Å². The van der Waals surface area contributed by atoms with Gasteiger partial charge in [-0.3, -0.25) is 0 Å². The Morgan fingerprint density at radius 1 is 0.595 bits per heavy atom. The van der Waals surface area contributed by atoms with Crippen LogP contribution in [0.3, 0.4) is 0 Å². The van der Waals surface area contributed by atoms with Gasteiger partial charge in [-0.05, 0) is 41.7 Å². The number of pyridine rings is 2. The summed E-state index contributed by atoms with van der Waals surface area (Å²) >= 11 is 0. The van der Waals surface area contributed by atoms with Crippen LogP contribution in [0.4, 0.5) is 0 Å². The molecule has 0 aliphatic rings. The first-order chi connectivity index (χ1) is 17.8. The summed E-state index contributed by atoms with van der Waals surface area (Å²) in [6.07, 6.45) is 3.53. The molecule has 6 aromatic rings. The number of hydrogen-bond acceptors (Lipinski definition) is 4. The molecule has 3 aromatic carbocycles. The summed E-state index contributed by atoms with van der Waals surface area (Å²) in [6.45, 7) is 0. The molecule has 0 aliphatic heterocycles. The predicted octanol–water partition coefficient (Wildman–Crippen LogP) is 6.65. The van der Waals surface area contributed by atoms with Gasteiger partial charge >= 0.3 is 21.1 Å². The fraction of sp³-hybridized carbons (Fsp3) is 0. The topological polar surface area (TPSA) is 63.8 Å². The Labute approximate surface area is 230 Å². The van der Waals surface area contributed by atoms with Crippen LogP contribution in [0.2, 0.25) is 0 Å². The van der Waals surface area contributed by atoms with E-state index in [4.69, 9.17) is 0 Å². The normalized spacial score (nSPS) is 10.1. The van der Waals surface area contributed by atoms with Crippen LogP contribution in [0.1, 0.15) is 0 Å². The zero-order valence-corrected chi connectivity index (χ0v) is 21.9. The fourth-order valence-corrected chi connectivity index (χ4v) is 3.64. The van der Waals surface area contributed by atoms with E-state index in [2.05, 4.69) is 27.2 Å². The number of phenols is 1. The van der Waals surface area contributed by atoms with E-state index >= 15 is 0 Å². The van der Waals surface area contributed by atoms with Crippen LogP contribution >= 0.6 is 0 Å². The molecular formula is C31H22N4OPt. The molecule has 3 aromatic heterocycles. The van der Waals surface area contributed by atoms with Gasteiger partial charge in [0, 0.05) is 18.0 Å². The van der Waals surface area contributed by atoms with E-state index in [0.717, 1.165) is 34.0 Å². The number of para-hydroxylation sites is 1. The fourth-order valence-electron chi connectivity index (χ4n) is 3.64. The number of benzene rings is 3. The van der Waals surface area contributed by atoms with E-state index in [1.807, 2.05) is 109 Å². The third-order valence-electron chi connectivity index (χ3n) is 5.37. The van der Waals surface area contributed by atoms with Gasteiger partial charge in [-0.15, -0.1) is 71.8 Å². The molecule has 0 saturated heterocycles. The van der Waals surface area contributed by atoms with Gasteiger partial charge in [0.25, 0.3) is 0 Å². The summed E-state index contributed by atoms with van der Waals surface area (Å²) in [7, 11) is 0. The molecule has 0 amide bonds. The molecule has 182 valence electrons. The molecule has 5 nitrogen and oxygen atoms in total. The Morgan fingerprint density at radius 2 is 1.22 bits per heavy atom. The van der Waals surface area contributed by atoms with Gasteiger partial charge in [0.15, 0.2) is 5.82 Å². The van der Waals surface area contributed by atoms with Crippen LogP contribution in [0.5, 0.6) is 5.75 Å². The second-order valence-corrected chi connectivity index (χ2v) is 7.81. The average Bonchev–Trinajstić information content (AvgIpc) is 3.50. The van der Waals surface area contributed by atoms with Crippen molar-refractivity contribution in [1.29, 1.82) is 0 Å². The van der Waals surface area contributed by atoms with Crippen molar-refractivity contribution in [3.05, 3.63) is 140 Å². The summed E-state index contributed by atoms with van der Waals surface area (Å²) in [5.74, 6) is 0.948. The van der Waals surface area contributed by atoms with Crippen molar-refractivity contribution in [2.24, 2.45) is 0 Å². The van der Waals surface area contributed by atoms with E-state index in [1.165, 1.54) is 0 Å². The average molecular weight is 662 g/mol. The maximum absolute atomic E-state index is 9.82. The Kier molecular flexibility index (Phi) is 8.74. The molecule has 0 unspecified atom stereocenters. The summed E-state index contributed by atoms with van der Waals surface area (Å²) in [6, 6.07) is 42.7. The van der Waals surface area contributed by atoms with Crippen LogP contribution in [0.15, 0.2) is 128 Å². The Hall–Kier alpha value is -4.34. The standard InChI is InChI=1S/C17H11N.C14H11N3O.Pt/c1-3-8-14(9-4-1)16-12-7-13-17(18-16)15-10-5-2-6-11-15;18-13-7-2-1-5-11(13)12-6-3-8-14(16-12)17-10-4-9-15-17;/h1-8,10,12-13H;1-10,18H;/q-2;;+2. The summed E-state index contributed by atoms with van der Waals surface area (Å²) < 4.78 is 1.68. The van der Waals surface area contributed by atoms with E-state index in [1.54, 1.807) is 23.0 Å². The SMILES string of the molecule is Oc1ccccc1-c1cccc(-n2cccn2)n1.[Pt+2].[c-]1ccccc1-c1cccc(-c2[c-]cccc2)n1. The van der Waals surface area contributed by atoms with Crippen molar-refractivity contribution in [3.63, 3.8) is 0 Å². The van der Waals surface area contributed by atoms with E-state index in [0.29, 0.717) is 5.56 Å². The minimum absolute atomic E-state index is 0. The maximum atomic E-state index is 9.82. The number of rotatable bonds is 4. The van der Waals surface area contributed by atoms with Crippen molar-refractivity contribution >= 4 is 0 Å². The van der Waals surface area contributed by atoms with Crippen molar-refractivity contribution in [2.75, 3.05) is 0 Å². The van der Waals surface area contributed by atoms with Crippen LogP contribution in [-0.2, 0) is 21.1 Å². The molecular weight excluding hydrogens is 639 g/mol. The minimum Gasteiger partial charge on any atom is -0.507 e. The zero-order valence-electron chi connectivity index (χ0n) is 19.7. The third kappa shape index (κ3) is 6.46. The van der Waals surface area contributed by atoms with Crippen molar-refractivity contribution in [1.82, 2.24) is 19.7 Å². The Balaban J connectivity index is 0.000000168. The monoisotopic (exact) mass is 661 g/mol. The van der Waals surface area contributed by atoms with Crippen LogP contribution in [0, 0.1) is 12.1 Å². The largest absolute Gasteiger partial charge is 2.00 e. The molecule has 6 heteroatoms. The van der Waals surface area contributed by atoms with Gasteiger partial charge in [-0.1, -0.05) is 36.4 Å². The molecule has 0 bridgehead atoms. The first-order valence-corrected chi connectivity index (χ1v) is 11.4. The predicted molar refractivity (Wildman–Crippen MR) is 141 cm³/mol. The van der Waals surface area contributed by atoms with Gasteiger partial charge in [0.05, 0.1) is 5.69 Å². The van der Waals surface area contributed by atoms with E-state index < -0.39 is 0 Å². The number of nitrogens with zero attached hydrogens (tertiary/aromatic N) is 4. The smallest absolute Gasteiger partial charge is 0.507 e. The van der Waals surface area contributed by atoms with E-state index in [9.17, 15) is 5.11 Å². The minimum atomic E-state index is 0. The summed E-state index contributed by atoms with van der Waals surface area (Å²) in [4.78, 5) is 9.14. The Morgan fingerprint density at radius 3 is 1.81 bits per heavy atom. The Bertz CT molecular complexity index is 1480. The number of phenolic OH excluding ortho intramolecular Hbond substituents is 1. The molecule has 0 fully saturated rings. The van der Waals surface area contributed by atoms with Crippen molar-refractivity contribution in [3.8, 4) is 45.3 Å². The molecule has 37 heavy (non-hydrogen) atoms. The second kappa shape index (κ2) is 12.6. The third-order valence-corrected chi connectivity index (χ3v) is 5.37. The molecule has 0 radical (unpaired) electrons. The number of aromatic hydroxyl groups is 1. The van der Waals surface area contributed by atoms with Gasteiger partial charge in [0.1, 0.15) is 5.75 Å². The molecule has 0 atom stereocenters. The first kappa shape index (κ1) is 25.7. The van der Waals surface area contributed by atoms with Crippen molar-refractivity contribution < 1.29 is 26.2 Å². The van der Waals surface area contributed by atoms with Gasteiger partial charge in [0.2, 0.25) is 0 Å². The molecule has 0 spiro atoms. The van der Waals surface area contributed by atoms with Gasteiger partial charge in [-0.2, -0.15) is 5.10 Å².